The number of nitrogens with zero attached hydrogens (tertiary/aromatic N) is 2. The van der Waals surface area contributed by atoms with Crippen LogP contribution in [0, 0.1) is 0 Å². The SMILES string of the molecule is CNC(Cn1ncccc1=O)c1ccc2c(c1)OCO2. The predicted octanol–water partition coefficient (Wildman–Crippen LogP) is 0.933. The Balaban J connectivity index is 1.87. The molecule has 0 saturated carbocycles. The molecule has 0 fully saturated rings. The van der Waals surface area contributed by atoms with Gasteiger partial charge in [-0.15, -0.1) is 0 Å². The maximum atomic E-state index is 11.7. The van der Waals surface area contributed by atoms with Gasteiger partial charge in [-0.3, -0.25) is 4.79 Å². The van der Waals surface area contributed by atoms with Crippen LogP contribution in [0.25, 0.3) is 0 Å². The Labute approximate surface area is 115 Å². The first-order chi connectivity index (χ1) is 9.78. The first kappa shape index (κ1) is 12.7. The highest BCUT2D eigenvalue weighted by molar-refractivity contribution is 5.45. The van der Waals surface area contributed by atoms with Gasteiger partial charge >= 0.3 is 0 Å². The van der Waals surface area contributed by atoms with Crippen molar-refractivity contribution in [1.82, 2.24) is 15.1 Å². The number of ether oxygens (including phenoxy) is 2. The second-order valence-corrected chi connectivity index (χ2v) is 4.50. The van der Waals surface area contributed by atoms with Gasteiger partial charge in [-0.2, -0.15) is 5.10 Å². The number of fused-ring (bicyclic) bond motifs is 1. The molecule has 3 rings (SSSR count). The number of hydrogen-bond acceptors (Lipinski definition) is 5. The fourth-order valence-corrected chi connectivity index (χ4v) is 2.19. The molecule has 0 saturated heterocycles. The molecule has 1 N–H and O–H groups in total. The summed E-state index contributed by atoms with van der Waals surface area (Å²) in [5, 5.41) is 7.26. The molecular formula is C14H15N3O3. The van der Waals surface area contributed by atoms with Crippen molar-refractivity contribution in [3.8, 4) is 11.5 Å². The number of hydrogen-bond donors (Lipinski definition) is 1. The average Bonchev–Trinajstić information content (AvgIpc) is 2.94. The Morgan fingerprint density at radius 2 is 2.20 bits per heavy atom. The topological polar surface area (TPSA) is 65.4 Å². The lowest BCUT2D eigenvalue weighted by atomic mass is 10.1. The van der Waals surface area contributed by atoms with E-state index in [0.29, 0.717) is 6.54 Å². The second kappa shape index (κ2) is 5.34. The minimum atomic E-state index is -0.117. The zero-order valence-electron chi connectivity index (χ0n) is 11.1. The summed E-state index contributed by atoms with van der Waals surface area (Å²) >= 11 is 0. The third-order valence-corrected chi connectivity index (χ3v) is 3.29. The van der Waals surface area contributed by atoms with E-state index in [1.165, 1.54) is 10.7 Å². The standard InChI is InChI=1S/C14H15N3O3/c1-15-11(8-17-14(18)3-2-6-16-17)10-4-5-12-13(7-10)20-9-19-12/h2-7,11,15H,8-9H2,1H3. The zero-order chi connectivity index (χ0) is 13.9. The summed E-state index contributed by atoms with van der Waals surface area (Å²) in [5.74, 6) is 1.48. The van der Waals surface area contributed by atoms with Gasteiger partial charge in [-0.1, -0.05) is 6.07 Å². The molecule has 1 aromatic heterocycles. The van der Waals surface area contributed by atoms with Crippen molar-refractivity contribution < 1.29 is 9.47 Å². The Morgan fingerprint density at radius 3 is 3.00 bits per heavy atom. The quantitative estimate of drug-likeness (QED) is 0.898. The van der Waals surface area contributed by atoms with Gasteiger partial charge in [0, 0.05) is 12.3 Å². The smallest absolute Gasteiger partial charge is 0.266 e. The normalized spacial score (nSPS) is 14.2. The van der Waals surface area contributed by atoms with Gasteiger partial charge in [0.1, 0.15) is 0 Å². The number of rotatable bonds is 4. The van der Waals surface area contributed by atoms with Gasteiger partial charge in [-0.05, 0) is 30.8 Å². The van der Waals surface area contributed by atoms with Crippen LogP contribution in [0.3, 0.4) is 0 Å². The van der Waals surface area contributed by atoms with Crippen molar-refractivity contribution in [2.45, 2.75) is 12.6 Å². The molecule has 0 amide bonds. The lowest BCUT2D eigenvalue weighted by Crippen LogP contribution is -2.29. The van der Waals surface area contributed by atoms with E-state index in [9.17, 15) is 4.79 Å². The molecule has 0 radical (unpaired) electrons. The molecule has 1 atom stereocenters. The van der Waals surface area contributed by atoms with Crippen molar-refractivity contribution in [1.29, 1.82) is 0 Å². The molecule has 1 aliphatic rings. The van der Waals surface area contributed by atoms with Crippen LogP contribution in [0.4, 0.5) is 0 Å². The molecule has 104 valence electrons. The zero-order valence-corrected chi connectivity index (χ0v) is 11.1. The van der Waals surface area contributed by atoms with E-state index < -0.39 is 0 Å². The van der Waals surface area contributed by atoms with Crippen LogP contribution in [0.1, 0.15) is 11.6 Å². The Morgan fingerprint density at radius 1 is 1.35 bits per heavy atom. The molecule has 0 bridgehead atoms. The molecule has 1 aromatic carbocycles. The molecular weight excluding hydrogens is 258 g/mol. The minimum absolute atomic E-state index is 0.0305. The van der Waals surface area contributed by atoms with Gasteiger partial charge in [0.25, 0.3) is 5.56 Å². The lowest BCUT2D eigenvalue weighted by Gasteiger charge is -2.17. The third-order valence-electron chi connectivity index (χ3n) is 3.29. The van der Waals surface area contributed by atoms with Crippen LogP contribution in [-0.2, 0) is 6.54 Å². The largest absolute Gasteiger partial charge is 0.454 e. The van der Waals surface area contributed by atoms with Gasteiger partial charge in [-0.25, -0.2) is 4.68 Å². The van der Waals surface area contributed by atoms with Gasteiger partial charge in [0.2, 0.25) is 6.79 Å². The Hall–Kier alpha value is -2.34. The number of nitrogens with one attached hydrogen (secondary N) is 1. The van der Waals surface area contributed by atoms with Crippen molar-refractivity contribution in [2.24, 2.45) is 0 Å². The summed E-state index contributed by atoms with van der Waals surface area (Å²) in [6.07, 6.45) is 1.60. The lowest BCUT2D eigenvalue weighted by molar-refractivity contribution is 0.174. The van der Waals surface area contributed by atoms with E-state index in [0.717, 1.165) is 17.1 Å². The summed E-state index contributed by atoms with van der Waals surface area (Å²) in [5.41, 5.74) is 0.905. The number of likely N-dealkylation sites (N-methyl/N-ethyl adjacent to an activating group) is 1. The molecule has 0 aliphatic carbocycles. The fourth-order valence-electron chi connectivity index (χ4n) is 2.19. The van der Waals surface area contributed by atoms with Crippen molar-refractivity contribution in [2.75, 3.05) is 13.8 Å². The van der Waals surface area contributed by atoms with Crippen LogP contribution < -0.4 is 20.3 Å². The maximum Gasteiger partial charge on any atom is 0.266 e. The number of aromatic nitrogens is 2. The molecule has 2 heterocycles. The summed E-state index contributed by atoms with van der Waals surface area (Å²) in [7, 11) is 1.85. The summed E-state index contributed by atoms with van der Waals surface area (Å²) in [6.45, 7) is 0.707. The van der Waals surface area contributed by atoms with E-state index in [4.69, 9.17) is 9.47 Å². The summed E-state index contributed by atoms with van der Waals surface area (Å²) in [4.78, 5) is 11.7. The van der Waals surface area contributed by atoms with Gasteiger partial charge < -0.3 is 14.8 Å². The number of benzene rings is 1. The second-order valence-electron chi connectivity index (χ2n) is 4.50. The highest BCUT2D eigenvalue weighted by Gasteiger charge is 2.17. The van der Waals surface area contributed by atoms with Gasteiger partial charge in [0.05, 0.1) is 12.6 Å². The van der Waals surface area contributed by atoms with E-state index in [2.05, 4.69) is 10.4 Å². The summed E-state index contributed by atoms with van der Waals surface area (Å²) in [6, 6.07) is 8.87. The first-order valence-corrected chi connectivity index (χ1v) is 6.37. The molecule has 6 nitrogen and oxygen atoms in total. The molecule has 6 heteroatoms. The third kappa shape index (κ3) is 2.37. The Bertz CT molecular complexity index is 669. The predicted molar refractivity (Wildman–Crippen MR) is 72.9 cm³/mol. The molecule has 0 spiro atoms. The van der Waals surface area contributed by atoms with E-state index in [-0.39, 0.29) is 18.4 Å². The Kier molecular flexibility index (Phi) is 3.39. The monoisotopic (exact) mass is 273 g/mol. The van der Waals surface area contributed by atoms with Crippen LogP contribution >= 0.6 is 0 Å². The minimum Gasteiger partial charge on any atom is -0.454 e. The van der Waals surface area contributed by atoms with E-state index in [1.807, 2.05) is 25.2 Å². The van der Waals surface area contributed by atoms with Crippen LogP contribution in [0.5, 0.6) is 11.5 Å². The highest BCUT2D eigenvalue weighted by atomic mass is 16.7. The molecule has 20 heavy (non-hydrogen) atoms. The van der Waals surface area contributed by atoms with Crippen LogP contribution in [-0.4, -0.2) is 23.6 Å². The molecule has 1 unspecified atom stereocenters. The molecule has 2 aromatic rings. The van der Waals surface area contributed by atoms with Gasteiger partial charge in [0.15, 0.2) is 11.5 Å². The first-order valence-electron chi connectivity index (χ1n) is 6.37. The summed E-state index contributed by atoms with van der Waals surface area (Å²) < 4.78 is 12.1. The van der Waals surface area contributed by atoms with E-state index >= 15 is 0 Å². The van der Waals surface area contributed by atoms with Crippen molar-refractivity contribution in [3.63, 3.8) is 0 Å². The fraction of sp³-hybridized carbons (Fsp3) is 0.286. The van der Waals surface area contributed by atoms with E-state index in [1.54, 1.807) is 12.3 Å². The average molecular weight is 273 g/mol. The van der Waals surface area contributed by atoms with Crippen molar-refractivity contribution >= 4 is 0 Å². The molecule has 1 aliphatic heterocycles. The highest BCUT2D eigenvalue weighted by Crippen LogP contribution is 2.34. The van der Waals surface area contributed by atoms with Crippen LogP contribution in [0.2, 0.25) is 0 Å². The van der Waals surface area contributed by atoms with Crippen LogP contribution in [0.15, 0.2) is 41.3 Å². The van der Waals surface area contributed by atoms with Crippen molar-refractivity contribution in [3.05, 3.63) is 52.4 Å². The maximum absolute atomic E-state index is 11.7.